The molecule has 1 amide bonds. The first kappa shape index (κ1) is 15.3. The van der Waals surface area contributed by atoms with E-state index in [2.05, 4.69) is 0 Å². The van der Waals surface area contributed by atoms with E-state index in [1.165, 1.54) is 0 Å². The number of carbonyl (C=O) groups excluding carboxylic acids is 1. The van der Waals surface area contributed by atoms with Crippen molar-refractivity contribution in [2.24, 2.45) is 0 Å². The number of ether oxygens (including phenoxy) is 1. The molecule has 1 atom stereocenters. The maximum atomic E-state index is 12.4. The van der Waals surface area contributed by atoms with E-state index in [1.807, 2.05) is 60.7 Å². The van der Waals surface area contributed by atoms with Gasteiger partial charge in [-0.25, -0.2) is 4.79 Å². The molecule has 0 aliphatic carbocycles. The van der Waals surface area contributed by atoms with Gasteiger partial charge in [0, 0.05) is 12.8 Å². The Hall–Kier alpha value is -2.59. The lowest BCUT2D eigenvalue weighted by atomic mass is 9.94. The summed E-state index contributed by atoms with van der Waals surface area (Å²) in [4.78, 5) is 14.0. The molecular weight excluding hydrogens is 290 g/mol. The molecule has 0 saturated carbocycles. The molecule has 23 heavy (non-hydrogen) atoms. The van der Waals surface area contributed by atoms with Crippen molar-refractivity contribution in [2.45, 2.75) is 19.1 Å². The molecule has 0 bridgehead atoms. The van der Waals surface area contributed by atoms with E-state index in [9.17, 15) is 9.90 Å². The zero-order chi connectivity index (χ0) is 16.1. The highest BCUT2D eigenvalue weighted by atomic mass is 16.6. The van der Waals surface area contributed by atoms with Crippen LogP contribution in [-0.2, 0) is 11.3 Å². The summed E-state index contributed by atoms with van der Waals surface area (Å²) in [6.07, 6.45) is 3.70. The molecule has 1 heterocycles. The first-order valence-corrected chi connectivity index (χ1v) is 7.66. The Bertz CT molecular complexity index is 697. The first-order chi connectivity index (χ1) is 11.3. The van der Waals surface area contributed by atoms with Gasteiger partial charge in [-0.3, -0.25) is 4.90 Å². The zero-order valence-electron chi connectivity index (χ0n) is 12.8. The van der Waals surface area contributed by atoms with Crippen molar-refractivity contribution in [3.05, 3.63) is 77.5 Å². The number of nitrogens with zero attached hydrogens (tertiary/aromatic N) is 1. The molecule has 4 heteroatoms. The number of aliphatic hydroxyl groups excluding tert-OH is 1. The normalized spacial score (nSPS) is 16.0. The van der Waals surface area contributed by atoms with Crippen LogP contribution in [0, 0.1) is 0 Å². The van der Waals surface area contributed by atoms with Gasteiger partial charge in [-0.05, 0) is 29.2 Å². The van der Waals surface area contributed by atoms with Crippen molar-refractivity contribution in [3.63, 3.8) is 0 Å². The highest BCUT2D eigenvalue weighted by Gasteiger charge is 2.28. The summed E-state index contributed by atoms with van der Waals surface area (Å²) in [6.45, 7) is 0.243. The summed E-state index contributed by atoms with van der Waals surface area (Å²) >= 11 is 0. The standard InChI is InChI=1S/C19H19NO3/c21-13-11-18-17-9-5-4-8-16(17)10-12-20(18)19(22)23-14-15-6-2-1-3-7-15/h1-10,12,18,21H,11,13-14H2/t18-/m0/s1. The number of benzene rings is 2. The van der Waals surface area contributed by atoms with Gasteiger partial charge in [0.25, 0.3) is 0 Å². The average molecular weight is 309 g/mol. The van der Waals surface area contributed by atoms with E-state index in [1.54, 1.807) is 11.1 Å². The zero-order valence-corrected chi connectivity index (χ0v) is 12.8. The third-order valence-corrected chi connectivity index (χ3v) is 3.92. The lowest BCUT2D eigenvalue weighted by Gasteiger charge is -2.32. The molecule has 1 N–H and O–H groups in total. The van der Waals surface area contributed by atoms with Crippen LogP contribution in [0.15, 0.2) is 60.8 Å². The monoisotopic (exact) mass is 309 g/mol. The van der Waals surface area contributed by atoms with Crippen molar-refractivity contribution in [3.8, 4) is 0 Å². The molecule has 3 rings (SSSR count). The maximum Gasteiger partial charge on any atom is 0.414 e. The summed E-state index contributed by atoms with van der Waals surface area (Å²) in [5, 5.41) is 9.35. The smallest absolute Gasteiger partial charge is 0.414 e. The van der Waals surface area contributed by atoms with E-state index < -0.39 is 6.09 Å². The highest BCUT2D eigenvalue weighted by Crippen LogP contribution is 2.33. The van der Waals surface area contributed by atoms with Crippen molar-refractivity contribution >= 4 is 12.2 Å². The van der Waals surface area contributed by atoms with Crippen LogP contribution < -0.4 is 0 Å². The molecular formula is C19H19NO3. The number of hydrogen-bond donors (Lipinski definition) is 1. The molecule has 1 aliphatic rings. The van der Waals surface area contributed by atoms with Crippen molar-refractivity contribution in [1.82, 2.24) is 4.90 Å². The Balaban J connectivity index is 1.74. The van der Waals surface area contributed by atoms with Crippen LogP contribution in [0.25, 0.3) is 6.08 Å². The minimum atomic E-state index is -0.405. The van der Waals surface area contributed by atoms with Gasteiger partial charge >= 0.3 is 6.09 Å². The molecule has 1 aliphatic heterocycles. The summed E-state index contributed by atoms with van der Waals surface area (Å²) in [5.41, 5.74) is 3.04. The largest absolute Gasteiger partial charge is 0.444 e. The number of fused-ring (bicyclic) bond motifs is 1. The van der Waals surface area contributed by atoms with Gasteiger partial charge in [0.2, 0.25) is 0 Å². The maximum absolute atomic E-state index is 12.4. The Labute approximate surface area is 135 Å². The van der Waals surface area contributed by atoms with E-state index in [0.29, 0.717) is 6.42 Å². The van der Waals surface area contributed by atoms with Gasteiger partial charge in [0.15, 0.2) is 0 Å². The fourth-order valence-electron chi connectivity index (χ4n) is 2.78. The second-order valence-electron chi connectivity index (χ2n) is 5.42. The van der Waals surface area contributed by atoms with E-state index in [4.69, 9.17) is 4.74 Å². The van der Waals surface area contributed by atoms with E-state index in [-0.39, 0.29) is 19.3 Å². The van der Waals surface area contributed by atoms with Gasteiger partial charge in [-0.1, -0.05) is 54.6 Å². The summed E-state index contributed by atoms with van der Waals surface area (Å²) in [7, 11) is 0. The van der Waals surface area contributed by atoms with E-state index in [0.717, 1.165) is 16.7 Å². The first-order valence-electron chi connectivity index (χ1n) is 7.66. The molecule has 0 fully saturated rings. The second kappa shape index (κ2) is 7.11. The van der Waals surface area contributed by atoms with Gasteiger partial charge < -0.3 is 9.84 Å². The van der Waals surface area contributed by atoms with Gasteiger partial charge in [0.1, 0.15) is 6.61 Å². The van der Waals surface area contributed by atoms with Gasteiger partial charge in [-0.15, -0.1) is 0 Å². The van der Waals surface area contributed by atoms with Crippen LogP contribution in [0.1, 0.15) is 29.2 Å². The summed E-state index contributed by atoms with van der Waals surface area (Å²) in [5.74, 6) is 0. The molecule has 0 saturated heterocycles. The molecule has 2 aromatic rings. The van der Waals surface area contributed by atoms with Crippen LogP contribution >= 0.6 is 0 Å². The number of carbonyl (C=O) groups is 1. The Morgan fingerprint density at radius 2 is 1.83 bits per heavy atom. The fourth-order valence-corrected chi connectivity index (χ4v) is 2.78. The van der Waals surface area contributed by atoms with Crippen molar-refractivity contribution in [1.29, 1.82) is 0 Å². The molecule has 0 radical (unpaired) electrons. The number of aliphatic hydroxyl groups is 1. The quantitative estimate of drug-likeness (QED) is 0.936. The predicted octanol–water partition coefficient (Wildman–Crippen LogP) is 3.73. The van der Waals surface area contributed by atoms with Crippen molar-refractivity contribution in [2.75, 3.05) is 6.61 Å². The Morgan fingerprint density at radius 3 is 2.61 bits per heavy atom. The SMILES string of the molecule is O=C(OCc1ccccc1)N1C=Cc2ccccc2[C@@H]1CCO. The number of hydrogen-bond acceptors (Lipinski definition) is 3. The number of amides is 1. The predicted molar refractivity (Wildman–Crippen MR) is 88.4 cm³/mol. The molecule has 4 nitrogen and oxygen atoms in total. The van der Waals surface area contributed by atoms with Crippen LogP contribution in [-0.4, -0.2) is 22.7 Å². The minimum Gasteiger partial charge on any atom is -0.444 e. The third-order valence-electron chi connectivity index (χ3n) is 3.92. The Kier molecular flexibility index (Phi) is 4.74. The van der Waals surface area contributed by atoms with E-state index >= 15 is 0 Å². The van der Waals surface area contributed by atoms with Crippen LogP contribution in [0.3, 0.4) is 0 Å². The van der Waals surface area contributed by atoms with Crippen LogP contribution in [0.2, 0.25) is 0 Å². The molecule has 2 aromatic carbocycles. The lowest BCUT2D eigenvalue weighted by Crippen LogP contribution is -2.33. The van der Waals surface area contributed by atoms with Gasteiger partial charge in [0.05, 0.1) is 6.04 Å². The fraction of sp³-hybridized carbons (Fsp3) is 0.211. The molecule has 118 valence electrons. The average Bonchev–Trinajstić information content (AvgIpc) is 2.61. The molecule has 0 spiro atoms. The third kappa shape index (κ3) is 3.43. The van der Waals surface area contributed by atoms with Crippen LogP contribution in [0.4, 0.5) is 4.79 Å². The highest BCUT2D eigenvalue weighted by molar-refractivity contribution is 5.73. The lowest BCUT2D eigenvalue weighted by molar-refractivity contribution is 0.0928. The minimum absolute atomic E-state index is 0.00923. The van der Waals surface area contributed by atoms with Gasteiger partial charge in [-0.2, -0.15) is 0 Å². The topological polar surface area (TPSA) is 49.8 Å². The Morgan fingerprint density at radius 1 is 1.09 bits per heavy atom. The molecule has 0 unspecified atom stereocenters. The molecule has 0 aromatic heterocycles. The summed E-state index contributed by atoms with van der Waals surface area (Å²) < 4.78 is 5.41. The van der Waals surface area contributed by atoms with Crippen molar-refractivity contribution < 1.29 is 14.6 Å². The number of rotatable bonds is 4. The summed E-state index contributed by atoms with van der Waals surface area (Å²) in [6, 6.07) is 17.3. The second-order valence-corrected chi connectivity index (χ2v) is 5.42. The van der Waals surface area contributed by atoms with Crippen LogP contribution in [0.5, 0.6) is 0 Å².